The third-order valence-electron chi connectivity index (χ3n) is 3.38. The van der Waals surface area contributed by atoms with E-state index in [-0.39, 0.29) is 5.54 Å². The van der Waals surface area contributed by atoms with Crippen molar-refractivity contribution in [2.45, 2.75) is 31.8 Å². The van der Waals surface area contributed by atoms with Crippen LogP contribution in [0.5, 0.6) is 0 Å². The number of oxazole rings is 1. The van der Waals surface area contributed by atoms with E-state index in [2.05, 4.69) is 29.5 Å². The van der Waals surface area contributed by atoms with Crippen LogP contribution in [0, 0.1) is 0 Å². The van der Waals surface area contributed by atoms with Crippen molar-refractivity contribution in [1.29, 1.82) is 0 Å². The summed E-state index contributed by atoms with van der Waals surface area (Å²) < 4.78 is 5.05. The molecule has 5 nitrogen and oxygen atoms in total. The Labute approximate surface area is 105 Å². The largest absolute Gasteiger partial charge is 0.417 e. The Balaban J connectivity index is 1.81. The fourth-order valence-electron chi connectivity index (χ4n) is 2.53. The van der Waals surface area contributed by atoms with Crippen LogP contribution in [0.3, 0.4) is 0 Å². The van der Waals surface area contributed by atoms with E-state index in [9.17, 15) is 4.79 Å². The number of H-pyrrole nitrogens is 1. The molecule has 0 radical (unpaired) electrons. The highest BCUT2D eigenvalue weighted by atomic mass is 16.4. The van der Waals surface area contributed by atoms with Gasteiger partial charge in [-0.2, -0.15) is 0 Å². The number of anilines is 1. The van der Waals surface area contributed by atoms with Crippen molar-refractivity contribution in [2.24, 2.45) is 0 Å². The molecule has 3 N–H and O–H groups in total. The summed E-state index contributed by atoms with van der Waals surface area (Å²) in [6, 6.07) is 6.08. The van der Waals surface area contributed by atoms with Gasteiger partial charge in [-0.3, -0.25) is 4.98 Å². The minimum Gasteiger partial charge on any atom is -0.408 e. The molecule has 1 saturated heterocycles. The van der Waals surface area contributed by atoms with E-state index in [4.69, 9.17) is 4.42 Å². The number of aromatic nitrogens is 1. The lowest BCUT2D eigenvalue weighted by Crippen LogP contribution is -2.31. The molecule has 1 aliphatic heterocycles. The molecule has 1 aromatic heterocycles. The van der Waals surface area contributed by atoms with Crippen LogP contribution < -0.4 is 16.4 Å². The predicted octanol–water partition coefficient (Wildman–Crippen LogP) is 1.67. The predicted molar refractivity (Wildman–Crippen MR) is 70.9 cm³/mol. The monoisotopic (exact) mass is 247 g/mol. The Morgan fingerprint density at radius 1 is 1.44 bits per heavy atom. The lowest BCUT2D eigenvalue weighted by molar-refractivity contribution is 0.457. The van der Waals surface area contributed by atoms with E-state index >= 15 is 0 Å². The molecule has 18 heavy (non-hydrogen) atoms. The fraction of sp³-hybridized carbons (Fsp3) is 0.462. The van der Waals surface area contributed by atoms with Gasteiger partial charge in [-0.25, -0.2) is 4.79 Å². The van der Waals surface area contributed by atoms with Crippen LogP contribution in [0.4, 0.5) is 5.69 Å². The number of nitrogens with one attached hydrogen (secondary N) is 3. The third-order valence-corrected chi connectivity index (χ3v) is 3.38. The smallest absolute Gasteiger partial charge is 0.408 e. The molecule has 1 fully saturated rings. The van der Waals surface area contributed by atoms with Gasteiger partial charge in [0, 0.05) is 29.9 Å². The Morgan fingerprint density at radius 2 is 2.28 bits per heavy atom. The van der Waals surface area contributed by atoms with Crippen molar-refractivity contribution in [3.8, 4) is 0 Å². The summed E-state index contributed by atoms with van der Waals surface area (Å²) in [4.78, 5) is 13.7. The molecule has 1 aliphatic rings. The highest BCUT2D eigenvalue weighted by Crippen LogP contribution is 2.23. The Morgan fingerprint density at radius 3 is 3.00 bits per heavy atom. The van der Waals surface area contributed by atoms with Crippen molar-refractivity contribution < 1.29 is 4.42 Å². The highest BCUT2D eigenvalue weighted by Gasteiger charge is 2.29. The van der Waals surface area contributed by atoms with Gasteiger partial charge in [-0.05, 0) is 32.4 Å². The normalized spacial score (nSPS) is 22.4. The zero-order valence-corrected chi connectivity index (χ0v) is 10.5. The third kappa shape index (κ3) is 2.13. The molecule has 0 spiro atoms. The first kappa shape index (κ1) is 11.3. The molecule has 0 amide bonds. The van der Waals surface area contributed by atoms with Crippen LogP contribution in [0.2, 0.25) is 0 Å². The lowest BCUT2D eigenvalue weighted by Gasteiger charge is -2.18. The molecule has 2 aromatic rings. The first-order chi connectivity index (χ1) is 8.52. The fourth-order valence-corrected chi connectivity index (χ4v) is 2.53. The van der Waals surface area contributed by atoms with Gasteiger partial charge in [0.25, 0.3) is 0 Å². The van der Waals surface area contributed by atoms with Gasteiger partial charge in [0.05, 0.1) is 5.52 Å². The van der Waals surface area contributed by atoms with Crippen molar-refractivity contribution >= 4 is 16.8 Å². The van der Waals surface area contributed by atoms with Gasteiger partial charge in [0.1, 0.15) is 0 Å². The Bertz CT molecular complexity index is 626. The molecule has 0 aliphatic carbocycles. The van der Waals surface area contributed by atoms with E-state index < -0.39 is 5.76 Å². The van der Waals surface area contributed by atoms with Crippen molar-refractivity contribution in [2.75, 3.05) is 11.9 Å². The lowest BCUT2D eigenvalue weighted by atomic mass is 10.0. The summed E-state index contributed by atoms with van der Waals surface area (Å²) >= 11 is 0. The summed E-state index contributed by atoms with van der Waals surface area (Å²) in [6.07, 6.45) is 1.07. The average molecular weight is 247 g/mol. The van der Waals surface area contributed by atoms with Gasteiger partial charge >= 0.3 is 5.76 Å². The molecular weight excluding hydrogens is 230 g/mol. The molecule has 5 heteroatoms. The molecule has 1 aromatic carbocycles. The zero-order chi connectivity index (χ0) is 12.8. The van der Waals surface area contributed by atoms with Crippen LogP contribution in [0.15, 0.2) is 27.4 Å². The summed E-state index contributed by atoms with van der Waals surface area (Å²) in [5, 5.41) is 6.92. The first-order valence-corrected chi connectivity index (χ1v) is 6.16. The van der Waals surface area contributed by atoms with Gasteiger partial charge in [-0.1, -0.05) is 0 Å². The number of hydrogen-bond acceptors (Lipinski definition) is 4. The second kappa shape index (κ2) is 3.88. The molecular formula is C13H17N3O2. The van der Waals surface area contributed by atoms with Crippen molar-refractivity contribution in [3.05, 3.63) is 28.7 Å². The Kier molecular flexibility index (Phi) is 2.45. The average Bonchev–Trinajstić information content (AvgIpc) is 2.80. The number of aromatic amines is 1. The van der Waals surface area contributed by atoms with Gasteiger partial charge in [0.2, 0.25) is 0 Å². The minimum atomic E-state index is -0.411. The summed E-state index contributed by atoms with van der Waals surface area (Å²) in [5.74, 6) is -0.411. The minimum absolute atomic E-state index is 0.183. The molecule has 1 atom stereocenters. The molecule has 96 valence electrons. The van der Waals surface area contributed by atoms with E-state index in [1.54, 1.807) is 0 Å². The Hall–Kier alpha value is -1.75. The van der Waals surface area contributed by atoms with E-state index in [0.29, 0.717) is 11.6 Å². The van der Waals surface area contributed by atoms with Gasteiger partial charge < -0.3 is 15.1 Å². The number of benzene rings is 1. The van der Waals surface area contributed by atoms with E-state index in [1.165, 1.54) is 0 Å². The maximum absolute atomic E-state index is 11.1. The standard InChI is InChI=1S/C13H17N3O2/c1-13(2)6-9(7-14-13)15-8-3-4-10-11(5-8)18-12(17)16-10/h3-5,9,14-15H,6-7H2,1-2H3,(H,16,17). The summed E-state index contributed by atoms with van der Waals surface area (Å²) in [7, 11) is 0. The molecule has 0 bridgehead atoms. The summed E-state index contributed by atoms with van der Waals surface area (Å²) in [6.45, 7) is 5.34. The maximum Gasteiger partial charge on any atom is 0.417 e. The quantitative estimate of drug-likeness (QED) is 0.755. The van der Waals surface area contributed by atoms with Crippen LogP contribution in [0.1, 0.15) is 20.3 Å². The van der Waals surface area contributed by atoms with Gasteiger partial charge in [-0.15, -0.1) is 0 Å². The van der Waals surface area contributed by atoms with Crippen molar-refractivity contribution in [3.63, 3.8) is 0 Å². The maximum atomic E-state index is 11.1. The summed E-state index contributed by atoms with van der Waals surface area (Å²) in [5.41, 5.74) is 2.49. The van der Waals surface area contributed by atoms with Crippen LogP contribution in [-0.2, 0) is 0 Å². The number of fused-ring (bicyclic) bond motifs is 1. The number of rotatable bonds is 2. The topological polar surface area (TPSA) is 70.1 Å². The molecule has 1 unspecified atom stereocenters. The zero-order valence-electron chi connectivity index (χ0n) is 10.5. The van der Waals surface area contributed by atoms with Crippen LogP contribution in [0.25, 0.3) is 11.1 Å². The number of hydrogen-bond donors (Lipinski definition) is 3. The van der Waals surface area contributed by atoms with E-state index in [1.807, 2.05) is 18.2 Å². The van der Waals surface area contributed by atoms with Crippen LogP contribution in [-0.4, -0.2) is 23.1 Å². The van der Waals surface area contributed by atoms with Crippen molar-refractivity contribution in [1.82, 2.24) is 10.3 Å². The first-order valence-electron chi connectivity index (χ1n) is 6.16. The second-order valence-corrected chi connectivity index (χ2v) is 5.54. The molecule has 0 saturated carbocycles. The molecule has 3 rings (SSSR count). The molecule has 2 heterocycles. The van der Waals surface area contributed by atoms with Crippen LogP contribution >= 0.6 is 0 Å². The highest BCUT2D eigenvalue weighted by molar-refractivity contribution is 5.76. The van der Waals surface area contributed by atoms with Gasteiger partial charge in [0.15, 0.2) is 5.58 Å². The second-order valence-electron chi connectivity index (χ2n) is 5.54. The SMILES string of the molecule is CC1(C)CC(Nc2ccc3[nH]c(=O)oc3c2)CN1. The van der Waals surface area contributed by atoms with E-state index in [0.717, 1.165) is 24.2 Å².